The summed E-state index contributed by atoms with van der Waals surface area (Å²) in [6, 6.07) is 4.01. The summed E-state index contributed by atoms with van der Waals surface area (Å²) < 4.78 is 25.6. The second-order valence-corrected chi connectivity index (χ2v) is 6.87. The molecule has 1 aliphatic rings. The molecule has 0 aliphatic carbocycles. The van der Waals surface area contributed by atoms with E-state index in [1.807, 2.05) is 0 Å². The van der Waals surface area contributed by atoms with Crippen LogP contribution in [-0.2, 0) is 14.8 Å². The topological polar surface area (TPSA) is 119 Å². The smallest absolute Gasteiger partial charge is 0.322 e. The van der Waals surface area contributed by atoms with E-state index in [1.54, 1.807) is 6.07 Å². The average Bonchev–Trinajstić information content (AvgIpc) is 2.81. The Hall–Kier alpha value is -1.66. The minimum absolute atomic E-state index is 0.0369. The van der Waals surface area contributed by atoms with Crippen LogP contribution in [0, 0.1) is 11.3 Å². The number of nitriles is 1. The number of aliphatic carboxylic acids is 1. The molecule has 21 heavy (non-hydrogen) atoms. The molecule has 7 nitrogen and oxygen atoms in total. The second-order valence-electron chi connectivity index (χ2n) is 4.57. The van der Waals surface area contributed by atoms with Gasteiger partial charge in [-0.25, -0.2) is 8.42 Å². The van der Waals surface area contributed by atoms with Crippen LogP contribution in [0.25, 0.3) is 0 Å². The summed E-state index contributed by atoms with van der Waals surface area (Å²) in [7, 11) is -4.11. The Bertz CT molecular complexity index is 728. The molecule has 1 aliphatic heterocycles. The summed E-state index contributed by atoms with van der Waals surface area (Å²) in [6.45, 7) is -0.295. The maximum Gasteiger partial charge on any atom is 0.322 e. The lowest BCUT2D eigenvalue weighted by Crippen LogP contribution is -2.40. The van der Waals surface area contributed by atoms with Gasteiger partial charge in [-0.15, -0.1) is 0 Å². The zero-order chi connectivity index (χ0) is 15.8. The van der Waals surface area contributed by atoms with E-state index in [-0.39, 0.29) is 28.4 Å². The van der Waals surface area contributed by atoms with Gasteiger partial charge < -0.3 is 10.2 Å². The number of benzene rings is 1. The highest BCUT2D eigenvalue weighted by Gasteiger charge is 2.43. The van der Waals surface area contributed by atoms with E-state index in [0.717, 1.165) is 10.4 Å². The van der Waals surface area contributed by atoms with Gasteiger partial charge in [0, 0.05) is 13.0 Å². The molecule has 0 radical (unpaired) electrons. The van der Waals surface area contributed by atoms with Crippen molar-refractivity contribution < 1.29 is 23.4 Å². The Morgan fingerprint density at radius 2 is 2.14 bits per heavy atom. The van der Waals surface area contributed by atoms with Crippen LogP contribution in [0.15, 0.2) is 23.1 Å². The van der Waals surface area contributed by atoms with Crippen molar-refractivity contribution in [1.82, 2.24) is 4.31 Å². The molecule has 9 heteroatoms. The molecule has 0 spiro atoms. The highest BCUT2D eigenvalue weighted by Crippen LogP contribution is 2.28. The molecule has 2 N–H and O–H groups in total. The van der Waals surface area contributed by atoms with Crippen molar-refractivity contribution in [3.8, 4) is 6.07 Å². The van der Waals surface area contributed by atoms with Crippen molar-refractivity contribution in [1.29, 1.82) is 5.26 Å². The molecule has 0 amide bonds. The Morgan fingerprint density at radius 3 is 2.67 bits per heavy atom. The molecule has 0 aromatic heterocycles. The van der Waals surface area contributed by atoms with Crippen LogP contribution in [0.4, 0.5) is 0 Å². The minimum Gasteiger partial charge on any atom is -0.480 e. The lowest BCUT2D eigenvalue weighted by Gasteiger charge is -2.20. The second kappa shape index (κ2) is 5.61. The summed E-state index contributed by atoms with van der Waals surface area (Å²) >= 11 is 5.80. The number of carbonyl (C=O) groups is 1. The number of carboxylic acid groups (broad SMARTS) is 1. The normalized spacial score (nSPS) is 22.9. The fourth-order valence-corrected chi connectivity index (χ4v) is 4.10. The van der Waals surface area contributed by atoms with Crippen molar-refractivity contribution in [3.05, 3.63) is 28.8 Å². The molecule has 2 atom stereocenters. The van der Waals surface area contributed by atoms with Crippen LogP contribution < -0.4 is 0 Å². The number of hydrogen-bond donors (Lipinski definition) is 2. The number of aliphatic hydroxyl groups excluding tert-OH is 1. The Balaban J connectivity index is 2.45. The number of β-amino-alcohol motifs (C(OH)–C–C–N with tert-alkyl or cyclic N) is 1. The molecule has 1 aromatic carbocycles. The molecule has 1 saturated heterocycles. The Morgan fingerprint density at radius 1 is 1.48 bits per heavy atom. The van der Waals surface area contributed by atoms with Crippen LogP contribution in [0.1, 0.15) is 12.0 Å². The number of aliphatic hydroxyl groups is 1. The number of carboxylic acids is 1. The fourth-order valence-electron chi connectivity index (χ4n) is 2.16. The van der Waals surface area contributed by atoms with E-state index in [9.17, 15) is 18.3 Å². The summed E-state index contributed by atoms with van der Waals surface area (Å²) in [5.74, 6) is -1.32. The third-order valence-electron chi connectivity index (χ3n) is 3.19. The lowest BCUT2D eigenvalue weighted by molar-refractivity contribution is -0.140. The highest BCUT2D eigenvalue weighted by atomic mass is 35.5. The van der Waals surface area contributed by atoms with Gasteiger partial charge in [0.1, 0.15) is 12.1 Å². The number of halogens is 1. The van der Waals surface area contributed by atoms with E-state index in [2.05, 4.69) is 0 Å². The van der Waals surface area contributed by atoms with Crippen LogP contribution in [-0.4, -0.2) is 47.6 Å². The van der Waals surface area contributed by atoms with Gasteiger partial charge in [0.2, 0.25) is 10.0 Å². The summed E-state index contributed by atoms with van der Waals surface area (Å²) in [6.07, 6.45) is -1.20. The molecule has 0 bridgehead atoms. The van der Waals surface area contributed by atoms with Gasteiger partial charge in [-0.1, -0.05) is 11.6 Å². The highest BCUT2D eigenvalue weighted by molar-refractivity contribution is 7.89. The van der Waals surface area contributed by atoms with Crippen LogP contribution in [0.3, 0.4) is 0 Å². The fraction of sp³-hybridized carbons (Fsp3) is 0.333. The van der Waals surface area contributed by atoms with E-state index in [4.69, 9.17) is 22.0 Å². The first-order chi connectivity index (χ1) is 9.77. The molecule has 2 rings (SSSR count). The largest absolute Gasteiger partial charge is 0.480 e. The van der Waals surface area contributed by atoms with Crippen LogP contribution in [0.2, 0.25) is 5.02 Å². The average molecular weight is 331 g/mol. The molecule has 1 aromatic rings. The van der Waals surface area contributed by atoms with Gasteiger partial charge in [0.25, 0.3) is 0 Å². The van der Waals surface area contributed by atoms with Crippen molar-refractivity contribution in [2.24, 2.45) is 0 Å². The SMILES string of the molecule is N#Cc1ccc(S(=O)(=O)N2C[C@H](O)C[C@H]2C(=O)O)cc1Cl. The Labute approximate surface area is 126 Å². The molecule has 0 saturated carbocycles. The number of nitrogens with zero attached hydrogens (tertiary/aromatic N) is 2. The first-order valence-corrected chi connectivity index (χ1v) is 7.71. The standard InChI is InChI=1S/C12H11ClN2O5S/c13-10-4-9(2-1-7(10)5-14)21(19,20)15-6-8(16)3-11(15)12(17)18/h1-2,4,8,11,16H,3,6H2,(H,17,18)/t8-,11+/m1/s1. The van der Waals surface area contributed by atoms with Gasteiger partial charge >= 0.3 is 5.97 Å². The number of sulfonamides is 1. The molecular formula is C12H11ClN2O5S. The molecule has 0 unspecified atom stereocenters. The predicted molar refractivity (Wildman–Crippen MR) is 72.1 cm³/mol. The molecule has 1 heterocycles. The quantitative estimate of drug-likeness (QED) is 0.829. The molecule has 1 fully saturated rings. The third-order valence-corrected chi connectivity index (χ3v) is 5.37. The maximum atomic E-state index is 12.5. The monoisotopic (exact) mass is 330 g/mol. The molecule has 112 valence electrons. The van der Waals surface area contributed by atoms with Crippen LogP contribution >= 0.6 is 11.6 Å². The van der Waals surface area contributed by atoms with Gasteiger partial charge in [-0.05, 0) is 18.2 Å². The van der Waals surface area contributed by atoms with E-state index < -0.39 is 28.1 Å². The zero-order valence-corrected chi connectivity index (χ0v) is 12.2. The lowest BCUT2D eigenvalue weighted by atomic mass is 10.2. The summed E-state index contributed by atoms with van der Waals surface area (Å²) in [4.78, 5) is 10.9. The van der Waals surface area contributed by atoms with Crippen LogP contribution in [0.5, 0.6) is 0 Å². The van der Waals surface area contributed by atoms with Gasteiger partial charge in [0.05, 0.1) is 21.6 Å². The summed E-state index contributed by atoms with van der Waals surface area (Å²) in [5, 5.41) is 27.3. The first-order valence-electron chi connectivity index (χ1n) is 5.89. The van der Waals surface area contributed by atoms with Crippen molar-refractivity contribution in [2.75, 3.05) is 6.54 Å². The van der Waals surface area contributed by atoms with Crippen molar-refractivity contribution >= 4 is 27.6 Å². The van der Waals surface area contributed by atoms with Crippen molar-refractivity contribution in [2.45, 2.75) is 23.5 Å². The molecular weight excluding hydrogens is 320 g/mol. The zero-order valence-electron chi connectivity index (χ0n) is 10.6. The van der Waals surface area contributed by atoms with E-state index >= 15 is 0 Å². The maximum absolute atomic E-state index is 12.5. The predicted octanol–water partition coefficient (Wildman–Crippen LogP) is 0.420. The van der Waals surface area contributed by atoms with E-state index in [1.165, 1.54) is 12.1 Å². The van der Waals surface area contributed by atoms with E-state index in [0.29, 0.717) is 0 Å². The third kappa shape index (κ3) is 2.87. The number of hydrogen-bond acceptors (Lipinski definition) is 5. The van der Waals surface area contributed by atoms with Crippen molar-refractivity contribution in [3.63, 3.8) is 0 Å². The van der Waals surface area contributed by atoms with Gasteiger partial charge in [-0.3, -0.25) is 4.79 Å². The number of rotatable bonds is 3. The summed E-state index contributed by atoms with van der Waals surface area (Å²) in [5.41, 5.74) is 0.117. The minimum atomic E-state index is -4.11. The Kier molecular flexibility index (Phi) is 4.20. The van der Waals surface area contributed by atoms with Gasteiger partial charge in [0.15, 0.2) is 0 Å². The first kappa shape index (κ1) is 15.7. The van der Waals surface area contributed by atoms with Gasteiger partial charge in [-0.2, -0.15) is 9.57 Å².